The van der Waals surface area contributed by atoms with E-state index in [-0.39, 0.29) is 11.8 Å². The highest BCUT2D eigenvalue weighted by Gasteiger charge is 2.14. The van der Waals surface area contributed by atoms with E-state index in [4.69, 9.17) is 0 Å². The van der Waals surface area contributed by atoms with Gasteiger partial charge >= 0.3 is 0 Å². The van der Waals surface area contributed by atoms with Crippen LogP contribution in [-0.4, -0.2) is 37.4 Å². The fourth-order valence-corrected chi connectivity index (χ4v) is 3.04. The highest BCUT2D eigenvalue weighted by molar-refractivity contribution is 5.94. The van der Waals surface area contributed by atoms with Gasteiger partial charge in [-0.15, -0.1) is 0 Å². The Morgan fingerprint density at radius 3 is 2.33 bits per heavy atom. The molecule has 0 aliphatic carbocycles. The lowest BCUT2D eigenvalue weighted by Crippen LogP contribution is -2.30. The van der Waals surface area contributed by atoms with Gasteiger partial charge in [-0.3, -0.25) is 14.5 Å². The Kier molecular flexibility index (Phi) is 7.13. The molecule has 0 bridgehead atoms. The summed E-state index contributed by atoms with van der Waals surface area (Å²) in [6.45, 7) is 7.19. The van der Waals surface area contributed by atoms with Crippen LogP contribution in [0.3, 0.4) is 0 Å². The number of nitrogens with one attached hydrogen (secondary N) is 2. The molecule has 0 fully saturated rings. The second-order valence-corrected chi connectivity index (χ2v) is 7.19. The van der Waals surface area contributed by atoms with Gasteiger partial charge in [-0.1, -0.05) is 44.2 Å². The number of carbonyl (C=O) groups is 2. The Hall–Kier alpha value is -2.66. The second kappa shape index (κ2) is 9.33. The maximum absolute atomic E-state index is 12.5. The van der Waals surface area contributed by atoms with Gasteiger partial charge in [0.15, 0.2) is 0 Å². The maximum atomic E-state index is 12.5. The first-order chi connectivity index (χ1) is 12.8. The number of benzene rings is 2. The normalized spacial score (nSPS) is 10.9. The molecular formula is C22H29N3O2. The minimum atomic E-state index is -0.103. The fourth-order valence-electron chi connectivity index (χ4n) is 3.04. The largest absolute Gasteiger partial charge is 0.355 e. The summed E-state index contributed by atoms with van der Waals surface area (Å²) in [5, 5.41) is 5.68. The van der Waals surface area contributed by atoms with Gasteiger partial charge in [0, 0.05) is 24.8 Å². The van der Waals surface area contributed by atoms with Crippen molar-refractivity contribution in [2.24, 2.45) is 0 Å². The molecule has 0 atom stereocenters. The van der Waals surface area contributed by atoms with Crippen LogP contribution in [0.25, 0.3) is 0 Å². The van der Waals surface area contributed by atoms with Crippen LogP contribution < -0.4 is 10.6 Å². The van der Waals surface area contributed by atoms with Gasteiger partial charge in [-0.25, -0.2) is 0 Å². The van der Waals surface area contributed by atoms with Gasteiger partial charge < -0.3 is 10.6 Å². The number of aryl methyl sites for hydroxylation is 1. The number of likely N-dealkylation sites (N-methyl/N-ethyl adjacent to an activating group) is 1. The zero-order valence-electron chi connectivity index (χ0n) is 16.8. The third-order valence-electron chi connectivity index (χ3n) is 4.50. The van der Waals surface area contributed by atoms with Gasteiger partial charge in [-0.2, -0.15) is 0 Å². The lowest BCUT2D eigenvalue weighted by molar-refractivity contribution is -0.117. The smallest absolute Gasteiger partial charge is 0.251 e. The van der Waals surface area contributed by atoms with E-state index in [0.29, 0.717) is 24.6 Å². The predicted molar refractivity (Wildman–Crippen MR) is 110 cm³/mol. The summed E-state index contributed by atoms with van der Waals surface area (Å²) in [5.74, 6) is 0.209. The molecule has 0 saturated carbocycles. The summed E-state index contributed by atoms with van der Waals surface area (Å²) < 4.78 is 0. The molecule has 2 aromatic rings. The molecule has 0 unspecified atom stereocenters. The topological polar surface area (TPSA) is 61.4 Å². The van der Waals surface area contributed by atoms with E-state index in [0.717, 1.165) is 22.4 Å². The molecule has 5 nitrogen and oxygen atoms in total. The van der Waals surface area contributed by atoms with Crippen molar-refractivity contribution in [1.29, 1.82) is 0 Å². The molecule has 2 amide bonds. The second-order valence-electron chi connectivity index (χ2n) is 7.19. The molecule has 5 heteroatoms. The molecule has 2 N–H and O–H groups in total. The molecule has 2 aromatic carbocycles. The number of hydrogen-bond donors (Lipinski definition) is 2. The van der Waals surface area contributed by atoms with E-state index in [2.05, 4.69) is 30.5 Å². The Bertz CT molecular complexity index is 798. The Morgan fingerprint density at radius 1 is 1.07 bits per heavy atom. The summed E-state index contributed by atoms with van der Waals surface area (Å²) >= 11 is 0. The highest BCUT2D eigenvalue weighted by atomic mass is 16.2. The Labute approximate surface area is 161 Å². The van der Waals surface area contributed by atoms with E-state index in [1.54, 1.807) is 19.2 Å². The predicted octanol–water partition coefficient (Wildman–Crippen LogP) is 3.55. The van der Waals surface area contributed by atoms with Crippen molar-refractivity contribution in [1.82, 2.24) is 10.2 Å². The van der Waals surface area contributed by atoms with Crippen LogP contribution >= 0.6 is 0 Å². The van der Waals surface area contributed by atoms with Gasteiger partial charge in [0.05, 0.1) is 6.54 Å². The van der Waals surface area contributed by atoms with Crippen LogP contribution in [-0.2, 0) is 11.3 Å². The van der Waals surface area contributed by atoms with Gasteiger partial charge in [0.25, 0.3) is 5.91 Å². The average molecular weight is 367 g/mol. The SMILES string of the molecule is CNC(=O)c1ccc(CN(C)CC(=O)Nc2c(C)cccc2C(C)C)cc1. The molecule has 144 valence electrons. The molecule has 0 heterocycles. The molecule has 0 aliphatic heterocycles. The molecule has 0 aromatic heterocycles. The fraction of sp³-hybridized carbons (Fsp3) is 0.364. The Balaban J connectivity index is 1.97. The van der Waals surface area contributed by atoms with Crippen molar-refractivity contribution in [2.75, 3.05) is 26.0 Å². The molecule has 0 aliphatic rings. The number of hydrogen-bond acceptors (Lipinski definition) is 3. The summed E-state index contributed by atoms with van der Waals surface area (Å²) in [6.07, 6.45) is 0. The van der Waals surface area contributed by atoms with Crippen LogP contribution in [0.2, 0.25) is 0 Å². The van der Waals surface area contributed by atoms with Crippen molar-refractivity contribution in [3.8, 4) is 0 Å². The molecule has 27 heavy (non-hydrogen) atoms. The van der Waals surface area contributed by atoms with Crippen LogP contribution in [0.4, 0.5) is 5.69 Å². The lowest BCUT2D eigenvalue weighted by Gasteiger charge is -2.19. The number of para-hydroxylation sites is 1. The third-order valence-corrected chi connectivity index (χ3v) is 4.50. The van der Waals surface area contributed by atoms with Crippen LogP contribution in [0.15, 0.2) is 42.5 Å². The zero-order chi connectivity index (χ0) is 20.0. The van der Waals surface area contributed by atoms with E-state index in [1.165, 1.54) is 0 Å². The standard InChI is InChI=1S/C22H29N3O2/c1-15(2)19-8-6-7-16(3)21(19)24-20(26)14-25(5)13-17-9-11-18(12-10-17)22(27)23-4/h6-12,15H,13-14H2,1-5H3,(H,23,27)(H,24,26). The number of nitrogens with zero attached hydrogens (tertiary/aromatic N) is 1. The van der Waals surface area contributed by atoms with Crippen molar-refractivity contribution in [3.05, 3.63) is 64.7 Å². The van der Waals surface area contributed by atoms with E-state index >= 15 is 0 Å². The minimum absolute atomic E-state index is 0.0318. The molecule has 0 spiro atoms. The summed E-state index contributed by atoms with van der Waals surface area (Å²) in [6, 6.07) is 13.5. The van der Waals surface area contributed by atoms with Gasteiger partial charge in [-0.05, 0) is 48.7 Å². The lowest BCUT2D eigenvalue weighted by atomic mass is 9.98. The minimum Gasteiger partial charge on any atom is -0.355 e. The van der Waals surface area contributed by atoms with Crippen molar-refractivity contribution in [3.63, 3.8) is 0 Å². The first-order valence-corrected chi connectivity index (χ1v) is 9.20. The zero-order valence-corrected chi connectivity index (χ0v) is 16.8. The summed E-state index contributed by atoms with van der Waals surface area (Å²) in [4.78, 5) is 26.1. The van der Waals surface area contributed by atoms with Crippen LogP contribution in [0, 0.1) is 6.92 Å². The van der Waals surface area contributed by atoms with E-state index in [1.807, 2.05) is 43.1 Å². The van der Waals surface area contributed by atoms with Crippen molar-refractivity contribution < 1.29 is 9.59 Å². The number of anilines is 1. The van der Waals surface area contributed by atoms with Gasteiger partial charge in [0.1, 0.15) is 0 Å². The van der Waals surface area contributed by atoms with Crippen LogP contribution in [0.1, 0.15) is 46.8 Å². The first kappa shape index (κ1) is 20.6. The first-order valence-electron chi connectivity index (χ1n) is 9.20. The average Bonchev–Trinajstić information content (AvgIpc) is 2.63. The Morgan fingerprint density at radius 2 is 1.74 bits per heavy atom. The van der Waals surface area contributed by atoms with Crippen molar-refractivity contribution >= 4 is 17.5 Å². The van der Waals surface area contributed by atoms with E-state index < -0.39 is 0 Å². The van der Waals surface area contributed by atoms with Gasteiger partial charge in [0.2, 0.25) is 5.91 Å². The highest BCUT2D eigenvalue weighted by Crippen LogP contribution is 2.27. The van der Waals surface area contributed by atoms with Crippen LogP contribution in [0.5, 0.6) is 0 Å². The quantitative estimate of drug-likeness (QED) is 0.787. The molecule has 0 saturated heterocycles. The van der Waals surface area contributed by atoms with E-state index in [9.17, 15) is 9.59 Å². The molecular weight excluding hydrogens is 338 g/mol. The third kappa shape index (κ3) is 5.66. The number of carbonyl (C=O) groups excluding carboxylic acids is 2. The number of rotatable bonds is 7. The maximum Gasteiger partial charge on any atom is 0.251 e. The summed E-state index contributed by atoms with van der Waals surface area (Å²) in [5.41, 5.74) is 4.82. The molecule has 2 rings (SSSR count). The summed E-state index contributed by atoms with van der Waals surface area (Å²) in [7, 11) is 3.52. The van der Waals surface area contributed by atoms with Crippen molar-refractivity contribution in [2.45, 2.75) is 33.2 Å². The monoisotopic (exact) mass is 367 g/mol. The molecule has 0 radical (unpaired) electrons. The number of amides is 2.